The summed E-state index contributed by atoms with van der Waals surface area (Å²) in [5.41, 5.74) is 2.44. The average Bonchev–Trinajstić information content (AvgIpc) is 2.44. The van der Waals surface area contributed by atoms with Gasteiger partial charge in [-0.15, -0.1) is 0 Å². The topological polar surface area (TPSA) is 57.8 Å². The van der Waals surface area contributed by atoms with Crippen LogP contribution in [-0.4, -0.2) is 39.1 Å². The minimum Gasteiger partial charge on any atom is -0.396 e. The van der Waals surface area contributed by atoms with Crippen LogP contribution in [0.1, 0.15) is 24.6 Å². The van der Waals surface area contributed by atoms with Crippen molar-refractivity contribution < 1.29 is 5.11 Å². The standard InChI is InChI=1S/C15H21N3O2/c1-3-17(7-4-8-19)11-13-9-15(20)18-10-12(2)5-6-14(18)16-13/h5-6,9-10,19H,3-4,7-8,11H2,1-2H3. The van der Waals surface area contributed by atoms with E-state index in [-0.39, 0.29) is 12.2 Å². The van der Waals surface area contributed by atoms with E-state index < -0.39 is 0 Å². The Labute approximate surface area is 118 Å². The van der Waals surface area contributed by atoms with Gasteiger partial charge in [-0.25, -0.2) is 4.98 Å². The SMILES string of the molecule is CCN(CCCO)Cc1cc(=O)n2cc(C)ccc2n1. The number of aliphatic hydroxyl groups excluding tert-OH is 1. The van der Waals surface area contributed by atoms with Crippen molar-refractivity contribution >= 4 is 5.65 Å². The molecule has 5 nitrogen and oxygen atoms in total. The van der Waals surface area contributed by atoms with Gasteiger partial charge in [0.2, 0.25) is 0 Å². The maximum absolute atomic E-state index is 12.1. The smallest absolute Gasteiger partial charge is 0.258 e. The first-order valence-corrected chi connectivity index (χ1v) is 6.96. The molecule has 20 heavy (non-hydrogen) atoms. The zero-order valence-electron chi connectivity index (χ0n) is 12.0. The second kappa shape index (κ2) is 6.63. The lowest BCUT2D eigenvalue weighted by Crippen LogP contribution is -2.26. The Hall–Kier alpha value is -1.72. The Kier molecular flexibility index (Phi) is 4.87. The quantitative estimate of drug-likeness (QED) is 0.861. The normalized spacial score (nSPS) is 11.4. The first kappa shape index (κ1) is 14.7. The van der Waals surface area contributed by atoms with E-state index in [9.17, 15) is 4.79 Å². The van der Waals surface area contributed by atoms with Crippen LogP contribution >= 0.6 is 0 Å². The van der Waals surface area contributed by atoms with E-state index in [1.54, 1.807) is 16.7 Å². The van der Waals surface area contributed by atoms with Crippen molar-refractivity contribution in [1.29, 1.82) is 0 Å². The monoisotopic (exact) mass is 275 g/mol. The summed E-state index contributed by atoms with van der Waals surface area (Å²) in [7, 11) is 0. The third-order valence-corrected chi connectivity index (χ3v) is 3.33. The van der Waals surface area contributed by atoms with E-state index >= 15 is 0 Å². The fraction of sp³-hybridized carbons (Fsp3) is 0.467. The van der Waals surface area contributed by atoms with Gasteiger partial charge in [0.05, 0.1) is 5.69 Å². The molecular formula is C15H21N3O2. The number of rotatable bonds is 6. The molecule has 2 rings (SSSR count). The lowest BCUT2D eigenvalue weighted by molar-refractivity contribution is 0.224. The molecule has 0 aliphatic rings. The summed E-state index contributed by atoms with van der Waals surface area (Å²) in [5, 5.41) is 8.89. The van der Waals surface area contributed by atoms with E-state index in [1.807, 2.05) is 19.1 Å². The minimum atomic E-state index is -0.0492. The molecule has 2 heterocycles. The van der Waals surface area contributed by atoms with Crippen LogP contribution in [0.4, 0.5) is 0 Å². The van der Waals surface area contributed by atoms with Gasteiger partial charge in [-0.2, -0.15) is 0 Å². The van der Waals surface area contributed by atoms with Crippen LogP contribution in [0.3, 0.4) is 0 Å². The third-order valence-electron chi connectivity index (χ3n) is 3.33. The molecule has 1 N–H and O–H groups in total. The predicted molar refractivity (Wildman–Crippen MR) is 78.9 cm³/mol. The van der Waals surface area contributed by atoms with Crippen molar-refractivity contribution in [1.82, 2.24) is 14.3 Å². The van der Waals surface area contributed by atoms with Crippen molar-refractivity contribution in [3.05, 3.63) is 46.0 Å². The highest BCUT2D eigenvalue weighted by molar-refractivity contribution is 5.39. The molecule has 0 spiro atoms. The molecule has 0 aliphatic carbocycles. The molecule has 2 aromatic heterocycles. The molecular weight excluding hydrogens is 254 g/mol. The summed E-state index contributed by atoms with van der Waals surface area (Å²) in [5.74, 6) is 0. The highest BCUT2D eigenvalue weighted by Gasteiger charge is 2.07. The number of aliphatic hydroxyl groups is 1. The summed E-state index contributed by atoms with van der Waals surface area (Å²) >= 11 is 0. The zero-order chi connectivity index (χ0) is 14.5. The van der Waals surface area contributed by atoms with Gasteiger partial charge in [-0.1, -0.05) is 13.0 Å². The molecule has 5 heteroatoms. The molecule has 0 atom stereocenters. The second-order valence-electron chi connectivity index (χ2n) is 4.97. The van der Waals surface area contributed by atoms with Gasteiger partial charge >= 0.3 is 0 Å². The summed E-state index contributed by atoms with van der Waals surface area (Å²) < 4.78 is 1.57. The average molecular weight is 275 g/mol. The lowest BCUT2D eigenvalue weighted by Gasteiger charge is -2.19. The molecule has 0 radical (unpaired) electrons. The molecule has 0 bridgehead atoms. The summed E-state index contributed by atoms with van der Waals surface area (Å²) in [6.07, 6.45) is 2.54. The van der Waals surface area contributed by atoms with Crippen LogP contribution in [-0.2, 0) is 6.54 Å². The Morgan fingerprint density at radius 2 is 2.20 bits per heavy atom. The summed E-state index contributed by atoms with van der Waals surface area (Å²) in [6.45, 7) is 6.51. The minimum absolute atomic E-state index is 0.0492. The van der Waals surface area contributed by atoms with Crippen molar-refractivity contribution in [2.75, 3.05) is 19.7 Å². The Balaban J connectivity index is 2.27. The predicted octanol–water partition coefficient (Wildman–Crippen LogP) is 1.21. The number of nitrogens with zero attached hydrogens (tertiary/aromatic N) is 3. The Bertz CT molecular complexity index is 637. The molecule has 108 valence electrons. The Morgan fingerprint density at radius 3 is 2.90 bits per heavy atom. The molecule has 0 saturated heterocycles. The summed E-state index contributed by atoms with van der Waals surface area (Å²) in [6, 6.07) is 5.41. The van der Waals surface area contributed by atoms with E-state index in [0.29, 0.717) is 12.2 Å². The van der Waals surface area contributed by atoms with Crippen molar-refractivity contribution in [2.45, 2.75) is 26.8 Å². The van der Waals surface area contributed by atoms with E-state index in [0.717, 1.165) is 30.8 Å². The molecule has 0 saturated carbocycles. The number of aromatic nitrogens is 2. The molecule has 2 aromatic rings. The molecule has 0 unspecified atom stereocenters. The van der Waals surface area contributed by atoms with Crippen LogP contribution in [0.2, 0.25) is 0 Å². The first-order valence-electron chi connectivity index (χ1n) is 6.96. The number of aryl methyl sites for hydroxylation is 1. The zero-order valence-corrected chi connectivity index (χ0v) is 12.0. The fourth-order valence-electron chi connectivity index (χ4n) is 2.21. The van der Waals surface area contributed by atoms with Gasteiger partial charge in [0.1, 0.15) is 5.65 Å². The number of fused-ring (bicyclic) bond motifs is 1. The van der Waals surface area contributed by atoms with Gasteiger partial charge in [-0.3, -0.25) is 14.1 Å². The second-order valence-corrected chi connectivity index (χ2v) is 4.97. The Morgan fingerprint density at radius 1 is 1.40 bits per heavy atom. The van der Waals surface area contributed by atoms with Crippen LogP contribution in [0.15, 0.2) is 29.2 Å². The highest BCUT2D eigenvalue weighted by atomic mass is 16.3. The molecule has 0 aromatic carbocycles. The summed E-state index contributed by atoms with van der Waals surface area (Å²) in [4.78, 5) is 18.8. The largest absolute Gasteiger partial charge is 0.396 e. The van der Waals surface area contributed by atoms with Crippen molar-refractivity contribution in [3.8, 4) is 0 Å². The fourth-order valence-corrected chi connectivity index (χ4v) is 2.21. The van der Waals surface area contributed by atoms with Gasteiger partial charge < -0.3 is 5.11 Å². The van der Waals surface area contributed by atoms with E-state index in [4.69, 9.17) is 5.11 Å². The van der Waals surface area contributed by atoms with Gasteiger partial charge in [0.15, 0.2) is 0 Å². The van der Waals surface area contributed by atoms with Crippen LogP contribution in [0, 0.1) is 6.92 Å². The van der Waals surface area contributed by atoms with Gasteiger partial charge in [-0.05, 0) is 31.5 Å². The molecule has 0 amide bonds. The number of hydrogen-bond acceptors (Lipinski definition) is 4. The van der Waals surface area contributed by atoms with Crippen LogP contribution in [0.25, 0.3) is 5.65 Å². The maximum Gasteiger partial charge on any atom is 0.258 e. The number of pyridine rings is 1. The van der Waals surface area contributed by atoms with Crippen molar-refractivity contribution in [2.24, 2.45) is 0 Å². The van der Waals surface area contributed by atoms with Gasteiger partial charge in [0.25, 0.3) is 5.56 Å². The lowest BCUT2D eigenvalue weighted by atomic mass is 10.3. The highest BCUT2D eigenvalue weighted by Crippen LogP contribution is 2.05. The third kappa shape index (κ3) is 3.43. The van der Waals surface area contributed by atoms with E-state index in [1.165, 1.54) is 0 Å². The number of hydrogen-bond donors (Lipinski definition) is 1. The van der Waals surface area contributed by atoms with Crippen LogP contribution < -0.4 is 5.56 Å². The maximum atomic E-state index is 12.1. The first-order chi connectivity index (χ1) is 9.63. The van der Waals surface area contributed by atoms with Crippen LogP contribution in [0.5, 0.6) is 0 Å². The van der Waals surface area contributed by atoms with E-state index in [2.05, 4.69) is 16.8 Å². The van der Waals surface area contributed by atoms with Crippen molar-refractivity contribution in [3.63, 3.8) is 0 Å². The molecule has 0 fully saturated rings. The van der Waals surface area contributed by atoms with Gasteiger partial charge in [0, 0.05) is 32.0 Å². The molecule has 0 aliphatic heterocycles.